The number of pyridine rings is 1. The Morgan fingerprint density at radius 3 is 2.10 bits per heavy atom. The molecule has 0 radical (unpaired) electrons. The van der Waals surface area contributed by atoms with Gasteiger partial charge in [-0.3, -0.25) is 0 Å². The van der Waals surface area contributed by atoms with Gasteiger partial charge in [-0.25, -0.2) is 4.57 Å². The van der Waals surface area contributed by atoms with E-state index in [1.165, 1.54) is 0 Å². The first-order chi connectivity index (χ1) is 16.8. The molecule has 0 amide bonds. The summed E-state index contributed by atoms with van der Waals surface area (Å²) in [5.74, 6) is -2.08. The van der Waals surface area contributed by atoms with Crippen LogP contribution in [-0.2, 0) is 7.05 Å². The van der Waals surface area contributed by atoms with Crippen molar-refractivity contribution in [2.75, 3.05) is 0 Å². The van der Waals surface area contributed by atoms with Crippen LogP contribution < -0.4 is 4.57 Å². The zero-order valence-corrected chi connectivity index (χ0v) is 18.5. The third-order valence-electron chi connectivity index (χ3n) is 6.57. The number of aromatic nitrogens is 1. The van der Waals surface area contributed by atoms with Crippen LogP contribution >= 0.6 is 0 Å². The van der Waals surface area contributed by atoms with Gasteiger partial charge in [0.25, 0.3) is 0 Å². The lowest BCUT2D eigenvalue weighted by Gasteiger charge is -2.31. The lowest BCUT2D eigenvalue weighted by molar-refractivity contribution is -0.660. The van der Waals surface area contributed by atoms with E-state index in [2.05, 4.69) is 0 Å². The minimum atomic E-state index is -2.31. The largest absolute Gasteiger partial charge is 0.213 e. The molecule has 1 heterocycles. The molecule has 154 valence electrons. The van der Waals surface area contributed by atoms with Crippen molar-refractivity contribution in [3.8, 4) is 22.4 Å². The van der Waals surface area contributed by atoms with E-state index in [0.717, 1.165) is 44.6 Å². The van der Waals surface area contributed by atoms with Gasteiger partial charge in [0.15, 0.2) is 6.20 Å². The molecule has 2 unspecified atom stereocenters. The van der Waals surface area contributed by atoms with Crippen LogP contribution in [0.3, 0.4) is 0 Å². The summed E-state index contributed by atoms with van der Waals surface area (Å²) in [7, 11) is 1.87. The van der Waals surface area contributed by atoms with Crippen molar-refractivity contribution >= 4 is 0 Å². The standard InChI is InChI=1S/C30H30N/c1-19-10-6-7-11-24(19)30-17-28(20(2)18-31(30)5)23-14-15-27-21(3)25-12-8-9-13-26(25)22(4)29(27)16-23/h6-18,21-22H,1-5H3/q+1/i2D3,21D,22D. The molecule has 0 saturated carbocycles. The van der Waals surface area contributed by atoms with Gasteiger partial charge < -0.3 is 0 Å². The summed E-state index contributed by atoms with van der Waals surface area (Å²) in [5, 5.41) is 0. The predicted octanol–water partition coefficient (Wildman–Crippen LogP) is 7.08. The molecular formula is C30H30N+. The highest BCUT2D eigenvalue weighted by molar-refractivity contribution is 5.74. The quantitative estimate of drug-likeness (QED) is 0.311. The van der Waals surface area contributed by atoms with E-state index in [1.54, 1.807) is 6.20 Å². The molecule has 0 N–H and O–H groups in total. The first kappa shape index (κ1) is 14.8. The van der Waals surface area contributed by atoms with Crippen molar-refractivity contribution in [2.24, 2.45) is 7.05 Å². The molecule has 3 aromatic carbocycles. The summed E-state index contributed by atoms with van der Waals surface area (Å²) < 4.78 is 45.2. The average Bonchev–Trinajstić information content (AvgIpc) is 2.83. The lowest BCUT2D eigenvalue weighted by atomic mass is 9.73. The molecule has 1 nitrogen and oxygen atoms in total. The third kappa shape index (κ3) is 3.20. The number of aryl methyl sites for hydroxylation is 3. The van der Waals surface area contributed by atoms with Crippen LogP contribution in [0.1, 0.15) is 65.9 Å². The Kier molecular flexibility index (Phi) is 3.57. The highest BCUT2D eigenvalue weighted by Crippen LogP contribution is 2.44. The maximum absolute atomic E-state index is 9.34. The summed E-state index contributed by atoms with van der Waals surface area (Å²) in [6.07, 6.45) is 1.70. The Morgan fingerprint density at radius 2 is 1.39 bits per heavy atom. The number of hydrogen-bond acceptors (Lipinski definition) is 0. The van der Waals surface area contributed by atoms with Crippen LogP contribution in [-0.4, -0.2) is 0 Å². The van der Waals surface area contributed by atoms with Crippen molar-refractivity contribution in [2.45, 2.75) is 39.4 Å². The molecule has 0 saturated heterocycles. The Hall–Kier alpha value is -3.19. The summed E-state index contributed by atoms with van der Waals surface area (Å²) >= 11 is 0. The fourth-order valence-electron chi connectivity index (χ4n) is 4.79. The van der Waals surface area contributed by atoms with E-state index < -0.39 is 18.6 Å². The molecular weight excluding hydrogens is 374 g/mol. The molecule has 4 aromatic rings. The Balaban J connectivity index is 1.78. The van der Waals surface area contributed by atoms with Gasteiger partial charge in [-0.1, -0.05) is 74.5 Å². The van der Waals surface area contributed by atoms with E-state index in [0.29, 0.717) is 5.56 Å². The summed E-state index contributed by atoms with van der Waals surface area (Å²) in [6, 6.07) is 23.4. The summed E-state index contributed by atoms with van der Waals surface area (Å²) in [5.41, 5.74) is 7.83. The molecule has 1 aliphatic carbocycles. The third-order valence-corrected chi connectivity index (χ3v) is 6.57. The van der Waals surface area contributed by atoms with Crippen molar-refractivity contribution in [3.63, 3.8) is 0 Å². The zero-order chi connectivity index (χ0) is 26.0. The van der Waals surface area contributed by atoms with Gasteiger partial charge in [0.05, 0.1) is 0 Å². The molecule has 0 spiro atoms. The normalized spacial score (nSPS) is 24.7. The highest BCUT2D eigenvalue weighted by Gasteiger charge is 2.27. The smallest absolute Gasteiger partial charge is 0.201 e. The van der Waals surface area contributed by atoms with E-state index in [4.69, 9.17) is 4.11 Å². The van der Waals surface area contributed by atoms with Crippen LogP contribution in [0, 0.1) is 13.8 Å². The predicted molar refractivity (Wildman–Crippen MR) is 129 cm³/mol. The number of benzene rings is 3. The Morgan fingerprint density at radius 1 is 0.742 bits per heavy atom. The molecule has 0 bridgehead atoms. The van der Waals surface area contributed by atoms with Crippen molar-refractivity contribution < 1.29 is 11.4 Å². The minimum Gasteiger partial charge on any atom is -0.201 e. The van der Waals surface area contributed by atoms with Gasteiger partial charge in [0.2, 0.25) is 5.69 Å². The highest BCUT2D eigenvalue weighted by atomic mass is 14.9. The fourth-order valence-corrected chi connectivity index (χ4v) is 4.79. The number of hydrogen-bond donors (Lipinski definition) is 0. The summed E-state index contributed by atoms with van der Waals surface area (Å²) in [6.45, 7) is 3.46. The minimum absolute atomic E-state index is 0.263. The molecule has 1 aliphatic rings. The molecule has 1 heteroatoms. The molecule has 2 atom stereocenters. The number of nitrogens with zero attached hydrogens (tertiary/aromatic N) is 1. The van der Waals surface area contributed by atoms with Crippen molar-refractivity contribution in [1.82, 2.24) is 0 Å². The Labute approximate surface area is 193 Å². The van der Waals surface area contributed by atoms with Crippen molar-refractivity contribution in [1.29, 1.82) is 0 Å². The van der Waals surface area contributed by atoms with Crippen LogP contribution in [0.4, 0.5) is 0 Å². The van der Waals surface area contributed by atoms with Gasteiger partial charge in [-0.15, -0.1) is 0 Å². The first-order valence-electron chi connectivity index (χ1n) is 13.2. The molecule has 5 rings (SSSR count). The van der Waals surface area contributed by atoms with Gasteiger partial charge in [0.1, 0.15) is 7.05 Å². The second kappa shape index (κ2) is 7.50. The van der Waals surface area contributed by atoms with Crippen LogP contribution in [0.25, 0.3) is 22.4 Å². The van der Waals surface area contributed by atoms with E-state index in [-0.39, 0.29) is 5.56 Å². The first-order valence-corrected chi connectivity index (χ1v) is 10.7. The topological polar surface area (TPSA) is 3.88 Å². The van der Waals surface area contributed by atoms with Crippen LogP contribution in [0.2, 0.25) is 0 Å². The molecule has 0 aliphatic heterocycles. The Bertz CT molecular complexity index is 1500. The molecule has 0 fully saturated rings. The molecule has 1 aromatic heterocycles. The van der Waals surface area contributed by atoms with E-state index in [1.807, 2.05) is 105 Å². The van der Waals surface area contributed by atoms with Gasteiger partial charge in [0, 0.05) is 35.8 Å². The maximum Gasteiger partial charge on any atom is 0.213 e. The van der Waals surface area contributed by atoms with Gasteiger partial charge in [-0.2, -0.15) is 0 Å². The zero-order valence-electron chi connectivity index (χ0n) is 23.5. The maximum atomic E-state index is 9.34. The second-order valence-electron chi connectivity index (χ2n) is 8.47. The second-order valence-corrected chi connectivity index (χ2v) is 8.47. The van der Waals surface area contributed by atoms with Gasteiger partial charge >= 0.3 is 0 Å². The van der Waals surface area contributed by atoms with Gasteiger partial charge in [-0.05, 0) is 58.8 Å². The average molecular weight is 410 g/mol. The lowest BCUT2D eigenvalue weighted by Crippen LogP contribution is -2.31. The van der Waals surface area contributed by atoms with Crippen molar-refractivity contribution in [3.05, 3.63) is 112 Å². The van der Waals surface area contributed by atoms with Crippen LogP contribution in [0.5, 0.6) is 0 Å². The molecule has 31 heavy (non-hydrogen) atoms. The van der Waals surface area contributed by atoms with Crippen LogP contribution in [0.15, 0.2) is 79.0 Å². The number of rotatable bonds is 2. The SMILES string of the molecule is [2H]C([2H])([2H])c1c[n+](C)c(-c2ccccc2C)cc1-c1ccc2c(c1)C([2H])(C)c1ccccc1C2([2H])C. The van der Waals surface area contributed by atoms with E-state index in [9.17, 15) is 2.74 Å². The monoisotopic (exact) mass is 409 g/mol. The summed E-state index contributed by atoms with van der Waals surface area (Å²) in [4.78, 5) is 0. The fraction of sp³-hybridized carbons (Fsp3) is 0.233. The van der Waals surface area contributed by atoms with E-state index >= 15 is 0 Å². The number of fused-ring (bicyclic) bond motifs is 2.